The zero-order valence-corrected chi connectivity index (χ0v) is 17.0. The third kappa shape index (κ3) is 4.86. The smallest absolute Gasteiger partial charge is 0.271 e. The van der Waals surface area contributed by atoms with Crippen LogP contribution < -0.4 is 19.9 Å². The van der Waals surface area contributed by atoms with Crippen molar-refractivity contribution in [3.63, 3.8) is 0 Å². The standard InChI is InChI=1S/C21H24N4O5/c1-3-23(16-6-4-5-15(2)11-16)10-9-22-20(26)13-24-18-12-17(25(28)29)7-8-19(18)30-14-21(24)27/h4-8,11-12H,3,9-10,13-14H2,1-2H3,(H,22,26). The summed E-state index contributed by atoms with van der Waals surface area (Å²) in [6.07, 6.45) is 0. The topological polar surface area (TPSA) is 105 Å². The number of non-ortho nitro benzene ring substituents is 1. The molecular weight excluding hydrogens is 388 g/mol. The molecule has 2 amide bonds. The molecule has 0 atom stereocenters. The van der Waals surface area contributed by atoms with Crippen LogP contribution in [0.4, 0.5) is 17.1 Å². The quantitative estimate of drug-likeness (QED) is 0.527. The fourth-order valence-electron chi connectivity index (χ4n) is 3.30. The molecule has 0 bridgehead atoms. The lowest BCUT2D eigenvalue weighted by Crippen LogP contribution is -2.46. The van der Waals surface area contributed by atoms with Crippen molar-refractivity contribution in [1.29, 1.82) is 0 Å². The van der Waals surface area contributed by atoms with Gasteiger partial charge in [-0.3, -0.25) is 24.6 Å². The number of aryl methyl sites for hydroxylation is 1. The zero-order chi connectivity index (χ0) is 21.7. The van der Waals surface area contributed by atoms with Crippen molar-refractivity contribution in [2.24, 2.45) is 0 Å². The molecule has 0 fully saturated rings. The van der Waals surface area contributed by atoms with Crippen LogP contribution in [-0.4, -0.2) is 49.5 Å². The van der Waals surface area contributed by atoms with E-state index < -0.39 is 10.8 Å². The number of nitro groups is 1. The highest BCUT2D eigenvalue weighted by molar-refractivity contribution is 6.02. The highest BCUT2D eigenvalue weighted by Crippen LogP contribution is 2.35. The van der Waals surface area contributed by atoms with Crippen LogP contribution in [0, 0.1) is 17.0 Å². The number of nitro benzene ring substituents is 1. The van der Waals surface area contributed by atoms with Crippen LogP contribution in [0.3, 0.4) is 0 Å². The van der Waals surface area contributed by atoms with Gasteiger partial charge in [-0.25, -0.2) is 0 Å². The number of likely N-dealkylation sites (N-methyl/N-ethyl adjacent to an activating group) is 1. The van der Waals surface area contributed by atoms with Gasteiger partial charge in [0, 0.05) is 37.5 Å². The number of anilines is 2. The van der Waals surface area contributed by atoms with Crippen molar-refractivity contribution >= 4 is 28.9 Å². The van der Waals surface area contributed by atoms with Gasteiger partial charge < -0.3 is 15.0 Å². The highest BCUT2D eigenvalue weighted by Gasteiger charge is 2.29. The van der Waals surface area contributed by atoms with E-state index in [9.17, 15) is 19.7 Å². The first-order chi connectivity index (χ1) is 14.4. The van der Waals surface area contributed by atoms with E-state index in [1.807, 2.05) is 32.0 Å². The monoisotopic (exact) mass is 412 g/mol. The second-order valence-electron chi connectivity index (χ2n) is 6.95. The summed E-state index contributed by atoms with van der Waals surface area (Å²) in [5, 5.41) is 13.9. The van der Waals surface area contributed by atoms with Crippen LogP contribution in [0.25, 0.3) is 0 Å². The Morgan fingerprint density at radius 1 is 1.30 bits per heavy atom. The molecule has 2 aromatic rings. The lowest BCUT2D eigenvalue weighted by atomic mass is 10.2. The van der Waals surface area contributed by atoms with Crippen LogP contribution in [-0.2, 0) is 9.59 Å². The van der Waals surface area contributed by atoms with Crippen molar-refractivity contribution in [2.75, 3.05) is 42.6 Å². The van der Waals surface area contributed by atoms with Crippen molar-refractivity contribution < 1.29 is 19.2 Å². The molecular formula is C21H24N4O5. The van der Waals surface area contributed by atoms with Gasteiger partial charge in [0.05, 0.1) is 10.6 Å². The minimum absolute atomic E-state index is 0.172. The first kappa shape index (κ1) is 21.1. The number of nitrogens with one attached hydrogen (secondary N) is 1. The van der Waals surface area contributed by atoms with Crippen molar-refractivity contribution in [1.82, 2.24) is 5.32 Å². The second-order valence-corrected chi connectivity index (χ2v) is 6.95. The predicted octanol–water partition coefficient (Wildman–Crippen LogP) is 2.27. The maximum Gasteiger partial charge on any atom is 0.271 e. The van der Waals surface area contributed by atoms with E-state index in [1.165, 1.54) is 23.1 Å². The van der Waals surface area contributed by atoms with E-state index >= 15 is 0 Å². The van der Waals surface area contributed by atoms with Crippen molar-refractivity contribution in [2.45, 2.75) is 13.8 Å². The average molecular weight is 412 g/mol. The Labute approximate surface area is 174 Å². The molecule has 9 heteroatoms. The lowest BCUT2D eigenvalue weighted by Gasteiger charge is -2.29. The Morgan fingerprint density at radius 3 is 2.80 bits per heavy atom. The molecule has 30 heavy (non-hydrogen) atoms. The molecule has 158 valence electrons. The number of ether oxygens (including phenoxy) is 1. The maximum atomic E-state index is 12.4. The number of fused-ring (bicyclic) bond motifs is 1. The summed E-state index contributed by atoms with van der Waals surface area (Å²) < 4.78 is 5.32. The molecule has 2 aromatic carbocycles. The molecule has 1 aliphatic rings. The molecule has 0 spiro atoms. The Morgan fingerprint density at radius 2 is 2.10 bits per heavy atom. The molecule has 0 aromatic heterocycles. The minimum atomic E-state index is -0.553. The molecule has 0 radical (unpaired) electrons. The summed E-state index contributed by atoms with van der Waals surface area (Å²) in [6.45, 7) is 5.44. The van der Waals surface area contributed by atoms with Gasteiger partial charge in [0.25, 0.3) is 11.6 Å². The Hall–Kier alpha value is -3.62. The van der Waals surface area contributed by atoms with E-state index in [1.54, 1.807) is 0 Å². The molecule has 1 aliphatic heterocycles. The summed E-state index contributed by atoms with van der Waals surface area (Å²) in [6, 6.07) is 12.1. The van der Waals surface area contributed by atoms with E-state index in [2.05, 4.69) is 16.3 Å². The SMILES string of the molecule is CCN(CCNC(=O)CN1C(=O)COc2ccc([N+](=O)[O-])cc21)c1cccc(C)c1. The summed E-state index contributed by atoms with van der Waals surface area (Å²) >= 11 is 0. The molecule has 0 saturated carbocycles. The minimum Gasteiger partial charge on any atom is -0.482 e. The largest absolute Gasteiger partial charge is 0.482 e. The fourth-order valence-corrected chi connectivity index (χ4v) is 3.30. The maximum absolute atomic E-state index is 12.4. The number of carbonyl (C=O) groups is 2. The third-order valence-corrected chi connectivity index (χ3v) is 4.85. The predicted molar refractivity (Wildman–Crippen MR) is 113 cm³/mol. The summed E-state index contributed by atoms with van der Waals surface area (Å²) in [5.74, 6) is -0.430. The molecule has 3 rings (SSSR count). The molecule has 0 aliphatic carbocycles. The molecule has 0 saturated heterocycles. The van der Waals surface area contributed by atoms with Gasteiger partial charge in [-0.1, -0.05) is 12.1 Å². The van der Waals surface area contributed by atoms with Gasteiger partial charge in [0.15, 0.2) is 6.61 Å². The van der Waals surface area contributed by atoms with E-state index in [0.717, 1.165) is 17.8 Å². The highest BCUT2D eigenvalue weighted by atomic mass is 16.6. The fraction of sp³-hybridized carbons (Fsp3) is 0.333. The molecule has 1 heterocycles. The number of rotatable bonds is 8. The Kier molecular flexibility index (Phi) is 6.51. The van der Waals surface area contributed by atoms with Crippen molar-refractivity contribution in [3.8, 4) is 5.75 Å². The van der Waals surface area contributed by atoms with Gasteiger partial charge in [-0.05, 0) is 37.6 Å². The first-order valence-corrected chi connectivity index (χ1v) is 9.69. The average Bonchev–Trinajstić information content (AvgIpc) is 2.73. The molecule has 0 unspecified atom stereocenters. The normalized spacial score (nSPS) is 12.7. The van der Waals surface area contributed by atoms with Gasteiger partial charge in [0.2, 0.25) is 5.91 Å². The van der Waals surface area contributed by atoms with Crippen molar-refractivity contribution in [3.05, 3.63) is 58.1 Å². The third-order valence-electron chi connectivity index (χ3n) is 4.85. The number of nitrogens with zero attached hydrogens (tertiary/aromatic N) is 3. The van der Waals surface area contributed by atoms with Crippen LogP contribution >= 0.6 is 0 Å². The van der Waals surface area contributed by atoms with E-state index in [0.29, 0.717) is 18.8 Å². The first-order valence-electron chi connectivity index (χ1n) is 9.69. The zero-order valence-electron chi connectivity index (χ0n) is 17.0. The summed E-state index contributed by atoms with van der Waals surface area (Å²) in [7, 11) is 0. The number of hydrogen-bond acceptors (Lipinski definition) is 6. The summed E-state index contributed by atoms with van der Waals surface area (Å²) in [5.41, 5.74) is 2.30. The molecule has 1 N–H and O–H groups in total. The molecule has 9 nitrogen and oxygen atoms in total. The lowest BCUT2D eigenvalue weighted by molar-refractivity contribution is -0.384. The number of benzene rings is 2. The van der Waals surface area contributed by atoms with Gasteiger partial charge in [0.1, 0.15) is 12.3 Å². The Bertz CT molecular complexity index is 962. The van der Waals surface area contributed by atoms with Crippen LogP contribution in [0.2, 0.25) is 0 Å². The second kappa shape index (κ2) is 9.25. The van der Waals surface area contributed by atoms with Gasteiger partial charge in [-0.2, -0.15) is 0 Å². The Balaban J connectivity index is 1.61. The number of amides is 2. The van der Waals surface area contributed by atoms with Gasteiger partial charge >= 0.3 is 0 Å². The van der Waals surface area contributed by atoms with Crippen LogP contribution in [0.5, 0.6) is 5.75 Å². The summed E-state index contributed by atoms with van der Waals surface area (Å²) in [4.78, 5) is 38.6. The van der Waals surface area contributed by atoms with Crippen LogP contribution in [0.15, 0.2) is 42.5 Å². The van der Waals surface area contributed by atoms with E-state index in [-0.39, 0.29) is 30.4 Å². The number of hydrogen-bond donors (Lipinski definition) is 1. The number of carbonyl (C=O) groups excluding carboxylic acids is 2. The van der Waals surface area contributed by atoms with Gasteiger partial charge in [-0.15, -0.1) is 0 Å². The van der Waals surface area contributed by atoms with E-state index in [4.69, 9.17) is 4.74 Å². The van der Waals surface area contributed by atoms with Crippen LogP contribution in [0.1, 0.15) is 12.5 Å².